The quantitative estimate of drug-likeness (QED) is 0.519. The van der Waals surface area contributed by atoms with Gasteiger partial charge in [0.25, 0.3) is 0 Å². The molecule has 2 aliphatic heterocycles. The van der Waals surface area contributed by atoms with Crippen LogP contribution in [0.25, 0.3) is 0 Å². The third-order valence-corrected chi connectivity index (χ3v) is 5.95. The first-order chi connectivity index (χ1) is 12.7. The Morgan fingerprint density at radius 1 is 1.38 bits per heavy atom. The van der Waals surface area contributed by atoms with Crippen LogP contribution in [0.3, 0.4) is 0 Å². The van der Waals surface area contributed by atoms with E-state index in [1.807, 2.05) is 0 Å². The molecule has 2 aliphatic rings. The molecule has 26 heavy (non-hydrogen) atoms. The van der Waals surface area contributed by atoms with Gasteiger partial charge < -0.3 is 20.5 Å². The van der Waals surface area contributed by atoms with E-state index in [1.165, 1.54) is 5.56 Å². The summed E-state index contributed by atoms with van der Waals surface area (Å²) in [4.78, 5) is 7.18. The van der Waals surface area contributed by atoms with Gasteiger partial charge in [0.2, 0.25) is 0 Å². The Balaban J connectivity index is 1.46. The molecule has 0 aliphatic carbocycles. The molecule has 2 fully saturated rings. The van der Waals surface area contributed by atoms with E-state index in [1.54, 1.807) is 11.3 Å². The van der Waals surface area contributed by atoms with Gasteiger partial charge in [-0.05, 0) is 42.2 Å². The number of nitrogens with zero attached hydrogens (tertiary/aromatic N) is 2. The molecule has 0 radical (unpaired) electrons. The molecular weight excluding hydrogens is 348 g/mol. The second kappa shape index (κ2) is 9.69. The van der Waals surface area contributed by atoms with Crippen molar-refractivity contribution in [3.8, 4) is 0 Å². The first kappa shape index (κ1) is 19.6. The molecule has 3 heterocycles. The van der Waals surface area contributed by atoms with Crippen molar-refractivity contribution >= 4 is 17.3 Å². The maximum absolute atomic E-state index is 10.6. The molecule has 0 aromatic carbocycles. The third kappa shape index (κ3) is 5.94. The van der Waals surface area contributed by atoms with Crippen molar-refractivity contribution in [3.63, 3.8) is 0 Å². The van der Waals surface area contributed by atoms with Crippen molar-refractivity contribution in [2.75, 3.05) is 39.4 Å². The van der Waals surface area contributed by atoms with Crippen LogP contribution < -0.4 is 10.6 Å². The summed E-state index contributed by atoms with van der Waals surface area (Å²) in [5, 5.41) is 21.9. The molecule has 0 spiro atoms. The van der Waals surface area contributed by atoms with E-state index in [-0.39, 0.29) is 0 Å². The minimum Gasteiger partial charge on any atom is -0.388 e. The normalized spacial score (nSPS) is 22.3. The summed E-state index contributed by atoms with van der Waals surface area (Å²) < 4.78 is 5.34. The number of hydrogen-bond donors (Lipinski definition) is 3. The molecular formula is C19H32N4O2S. The van der Waals surface area contributed by atoms with Gasteiger partial charge in [-0.3, -0.25) is 9.89 Å². The highest BCUT2D eigenvalue weighted by Crippen LogP contribution is 2.20. The number of aliphatic hydroxyl groups is 1. The summed E-state index contributed by atoms with van der Waals surface area (Å²) in [5.74, 6) is 0.823. The van der Waals surface area contributed by atoms with Gasteiger partial charge in [-0.15, -0.1) is 0 Å². The van der Waals surface area contributed by atoms with Gasteiger partial charge in [-0.2, -0.15) is 11.3 Å². The topological polar surface area (TPSA) is 69.1 Å². The fourth-order valence-electron chi connectivity index (χ4n) is 3.53. The van der Waals surface area contributed by atoms with Crippen molar-refractivity contribution in [3.05, 3.63) is 22.4 Å². The van der Waals surface area contributed by atoms with E-state index in [0.29, 0.717) is 38.6 Å². The predicted molar refractivity (Wildman–Crippen MR) is 107 cm³/mol. The Hall–Kier alpha value is -1.15. The molecule has 0 unspecified atom stereocenters. The Morgan fingerprint density at radius 2 is 2.15 bits per heavy atom. The number of piperidine rings is 1. The number of likely N-dealkylation sites (tertiary alicyclic amines) is 1. The SMILES string of the molecule is CCNC(=NCC1(O)CCOCC1)NC1CCN(Cc2ccsc2)CC1. The van der Waals surface area contributed by atoms with Crippen LogP contribution in [0.2, 0.25) is 0 Å². The summed E-state index contributed by atoms with van der Waals surface area (Å²) in [5.41, 5.74) is 0.700. The van der Waals surface area contributed by atoms with Gasteiger partial charge in [0.15, 0.2) is 5.96 Å². The van der Waals surface area contributed by atoms with E-state index >= 15 is 0 Å². The zero-order valence-corrected chi connectivity index (χ0v) is 16.6. The van der Waals surface area contributed by atoms with Crippen LogP contribution in [0.15, 0.2) is 21.8 Å². The largest absolute Gasteiger partial charge is 0.388 e. The number of ether oxygens (including phenoxy) is 1. The van der Waals surface area contributed by atoms with Gasteiger partial charge in [0, 0.05) is 58.3 Å². The molecule has 6 nitrogen and oxygen atoms in total. The monoisotopic (exact) mass is 380 g/mol. The summed E-state index contributed by atoms with van der Waals surface area (Å²) in [6, 6.07) is 2.65. The maximum Gasteiger partial charge on any atom is 0.191 e. The summed E-state index contributed by atoms with van der Waals surface area (Å²) in [6.07, 6.45) is 3.56. The van der Waals surface area contributed by atoms with Gasteiger partial charge >= 0.3 is 0 Å². The van der Waals surface area contributed by atoms with Gasteiger partial charge in [0.1, 0.15) is 0 Å². The minimum atomic E-state index is -0.718. The number of guanidine groups is 1. The van der Waals surface area contributed by atoms with E-state index in [9.17, 15) is 5.11 Å². The molecule has 146 valence electrons. The van der Waals surface area contributed by atoms with Crippen LogP contribution >= 0.6 is 11.3 Å². The second-order valence-electron chi connectivity index (χ2n) is 7.36. The van der Waals surface area contributed by atoms with Gasteiger partial charge in [0.05, 0.1) is 12.1 Å². The van der Waals surface area contributed by atoms with Crippen LogP contribution in [0.5, 0.6) is 0 Å². The van der Waals surface area contributed by atoms with Gasteiger partial charge in [-0.25, -0.2) is 0 Å². The highest BCUT2D eigenvalue weighted by Gasteiger charge is 2.29. The fourth-order valence-corrected chi connectivity index (χ4v) is 4.19. The van der Waals surface area contributed by atoms with Crippen molar-refractivity contribution in [2.24, 2.45) is 4.99 Å². The number of nitrogens with one attached hydrogen (secondary N) is 2. The van der Waals surface area contributed by atoms with E-state index in [0.717, 1.165) is 45.0 Å². The lowest BCUT2D eigenvalue weighted by molar-refractivity contribution is -0.0566. The Labute approximate surface area is 160 Å². The smallest absolute Gasteiger partial charge is 0.191 e. The Morgan fingerprint density at radius 3 is 2.81 bits per heavy atom. The molecule has 2 saturated heterocycles. The average molecular weight is 381 g/mol. The van der Waals surface area contributed by atoms with Crippen molar-refractivity contribution in [1.29, 1.82) is 0 Å². The summed E-state index contributed by atoms with van der Waals surface area (Å²) in [6.45, 7) is 7.84. The van der Waals surface area contributed by atoms with Crippen molar-refractivity contribution in [2.45, 2.75) is 50.8 Å². The average Bonchev–Trinajstić information content (AvgIpc) is 3.15. The van der Waals surface area contributed by atoms with E-state index < -0.39 is 5.60 Å². The molecule has 3 rings (SSSR count). The molecule has 1 aromatic rings. The molecule has 0 amide bonds. The first-order valence-corrected chi connectivity index (χ1v) is 10.7. The predicted octanol–water partition coefficient (Wildman–Crippen LogP) is 1.81. The zero-order valence-electron chi connectivity index (χ0n) is 15.7. The van der Waals surface area contributed by atoms with Crippen LogP contribution in [0.4, 0.5) is 0 Å². The lowest BCUT2D eigenvalue weighted by Gasteiger charge is -2.33. The zero-order chi connectivity index (χ0) is 18.2. The van der Waals surface area contributed by atoms with Crippen LogP contribution in [-0.4, -0.2) is 67.0 Å². The standard InChI is InChI=1S/C19H32N4O2S/c1-2-20-18(21-15-19(24)6-10-25-11-7-19)22-17-3-8-23(9-4-17)13-16-5-12-26-14-16/h5,12,14,17,24H,2-4,6-11,13,15H2,1H3,(H2,20,21,22). The Bertz CT molecular complexity index is 550. The van der Waals surface area contributed by atoms with E-state index in [2.05, 4.69) is 44.3 Å². The molecule has 0 atom stereocenters. The highest BCUT2D eigenvalue weighted by molar-refractivity contribution is 7.07. The summed E-state index contributed by atoms with van der Waals surface area (Å²) in [7, 11) is 0. The second-order valence-corrected chi connectivity index (χ2v) is 8.14. The first-order valence-electron chi connectivity index (χ1n) is 9.75. The molecule has 1 aromatic heterocycles. The molecule has 3 N–H and O–H groups in total. The lowest BCUT2D eigenvalue weighted by atomic mass is 9.95. The van der Waals surface area contributed by atoms with Crippen molar-refractivity contribution in [1.82, 2.24) is 15.5 Å². The lowest BCUT2D eigenvalue weighted by Crippen LogP contribution is -2.49. The van der Waals surface area contributed by atoms with Crippen LogP contribution in [-0.2, 0) is 11.3 Å². The van der Waals surface area contributed by atoms with Gasteiger partial charge in [-0.1, -0.05) is 0 Å². The third-order valence-electron chi connectivity index (χ3n) is 5.21. The number of aliphatic imine (C=N–C) groups is 1. The highest BCUT2D eigenvalue weighted by atomic mass is 32.1. The summed E-state index contributed by atoms with van der Waals surface area (Å²) >= 11 is 1.77. The molecule has 0 saturated carbocycles. The molecule has 0 bridgehead atoms. The van der Waals surface area contributed by atoms with Crippen molar-refractivity contribution < 1.29 is 9.84 Å². The minimum absolute atomic E-state index is 0.433. The van der Waals surface area contributed by atoms with E-state index in [4.69, 9.17) is 4.74 Å². The number of thiophene rings is 1. The van der Waals surface area contributed by atoms with Crippen LogP contribution in [0.1, 0.15) is 38.2 Å². The van der Waals surface area contributed by atoms with Crippen LogP contribution in [0, 0.1) is 0 Å². The fraction of sp³-hybridized carbons (Fsp3) is 0.737. The molecule has 7 heteroatoms. The Kier molecular flexibility index (Phi) is 7.31. The maximum atomic E-state index is 10.6. The number of rotatable bonds is 6. The number of hydrogen-bond acceptors (Lipinski definition) is 5.